The Bertz CT molecular complexity index is 1400. The molecule has 0 fully saturated rings. The number of hydrogen-bond acceptors (Lipinski definition) is 6. The van der Waals surface area contributed by atoms with E-state index in [0.717, 1.165) is 57.3 Å². The van der Waals surface area contributed by atoms with Crippen LogP contribution >= 0.6 is 0 Å². The van der Waals surface area contributed by atoms with E-state index in [4.69, 9.17) is 13.9 Å². The van der Waals surface area contributed by atoms with Crippen molar-refractivity contribution in [3.05, 3.63) is 113 Å². The summed E-state index contributed by atoms with van der Waals surface area (Å²) in [4.78, 5) is 9.06. The minimum absolute atomic E-state index is 0.579. The first-order chi connectivity index (χ1) is 17.2. The Balaban J connectivity index is 1.57. The lowest BCUT2D eigenvalue weighted by molar-refractivity contribution is 0.414. The summed E-state index contributed by atoms with van der Waals surface area (Å²) < 4.78 is 17.0. The molecule has 0 aliphatic heterocycles. The number of methoxy groups -OCH3 is 2. The first-order valence-electron chi connectivity index (χ1n) is 11.5. The molecule has 176 valence electrons. The molecule has 2 aromatic carbocycles. The molecule has 6 nitrogen and oxygen atoms in total. The molecule has 0 saturated carbocycles. The maximum atomic E-state index is 6.34. The lowest BCUT2D eigenvalue weighted by Gasteiger charge is -2.10. The van der Waals surface area contributed by atoms with Crippen molar-refractivity contribution in [2.24, 2.45) is 0 Å². The van der Waals surface area contributed by atoms with Gasteiger partial charge < -0.3 is 19.2 Å². The Morgan fingerprint density at radius 3 is 2.20 bits per heavy atom. The number of ether oxygens (including phenoxy) is 2. The van der Waals surface area contributed by atoms with Crippen molar-refractivity contribution in [2.45, 2.75) is 19.3 Å². The largest absolute Gasteiger partial charge is 0.497 e. The molecule has 5 rings (SSSR count). The van der Waals surface area contributed by atoms with Gasteiger partial charge in [0.2, 0.25) is 5.71 Å². The Labute approximate surface area is 204 Å². The number of rotatable bonds is 8. The molecule has 0 radical (unpaired) electrons. The molecule has 0 bridgehead atoms. The molecule has 0 saturated heterocycles. The van der Waals surface area contributed by atoms with Crippen LogP contribution in [0.2, 0.25) is 0 Å². The SMILES string of the molecule is COc1ccc(Cc2oc3ncnc(NC4=CC=CC=CC4)c3c2Cc2ccc(OC)cc2)cc1. The second kappa shape index (κ2) is 10.3. The number of hydrogen-bond donors (Lipinski definition) is 1. The molecule has 1 aliphatic rings. The number of nitrogens with one attached hydrogen (secondary N) is 1. The molecule has 2 aromatic heterocycles. The highest BCUT2D eigenvalue weighted by atomic mass is 16.5. The predicted octanol–water partition coefficient (Wildman–Crippen LogP) is 6.23. The number of benzene rings is 2. The van der Waals surface area contributed by atoms with Crippen LogP contribution in [0.1, 0.15) is 28.9 Å². The van der Waals surface area contributed by atoms with E-state index in [1.807, 2.05) is 42.5 Å². The minimum atomic E-state index is 0.579. The van der Waals surface area contributed by atoms with Gasteiger partial charge in [-0.2, -0.15) is 0 Å². The van der Waals surface area contributed by atoms with Crippen LogP contribution in [0.15, 0.2) is 95.4 Å². The predicted molar refractivity (Wildman–Crippen MR) is 138 cm³/mol. The van der Waals surface area contributed by atoms with Crippen LogP contribution in [-0.2, 0) is 12.8 Å². The topological polar surface area (TPSA) is 69.4 Å². The highest BCUT2D eigenvalue weighted by Crippen LogP contribution is 2.34. The third-order valence-corrected chi connectivity index (χ3v) is 6.01. The second-order valence-corrected chi connectivity index (χ2v) is 8.29. The molecule has 0 unspecified atom stereocenters. The van der Waals surface area contributed by atoms with Gasteiger partial charge in [0.15, 0.2) is 0 Å². The van der Waals surface area contributed by atoms with Gasteiger partial charge >= 0.3 is 0 Å². The zero-order valence-corrected chi connectivity index (χ0v) is 19.8. The molecule has 0 amide bonds. The van der Waals surface area contributed by atoms with Crippen LogP contribution in [0.25, 0.3) is 11.1 Å². The van der Waals surface area contributed by atoms with Crippen LogP contribution in [0.4, 0.5) is 5.82 Å². The van der Waals surface area contributed by atoms with E-state index in [1.165, 1.54) is 0 Å². The lowest BCUT2D eigenvalue weighted by atomic mass is 9.99. The summed E-state index contributed by atoms with van der Waals surface area (Å²) in [5.41, 5.74) is 4.99. The number of anilines is 1. The molecule has 4 aromatic rings. The molecule has 6 heteroatoms. The van der Waals surface area contributed by atoms with E-state index in [0.29, 0.717) is 18.6 Å². The van der Waals surface area contributed by atoms with E-state index in [2.05, 4.69) is 51.7 Å². The van der Waals surface area contributed by atoms with E-state index in [-0.39, 0.29) is 0 Å². The molecule has 2 heterocycles. The van der Waals surface area contributed by atoms with Crippen molar-refractivity contribution in [1.82, 2.24) is 9.97 Å². The van der Waals surface area contributed by atoms with Crippen molar-refractivity contribution in [3.63, 3.8) is 0 Å². The van der Waals surface area contributed by atoms with Gasteiger partial charge in [0.25, 0.3) is 0 Å². The van der Waals surface area contributed by atoms with Gasteiger partial charge in [0.1, 0.15) is 29.4 Å². The zero-order valence-electron chi connectivity index (χ0n) is 19.8. The summed E-state index contributed by atoms with van der Waals surface area (Å²) in [7, 11) is 3.34. The van der Waals surface area contributed by atoms with Gasteiger partial charge in [0, 0.05) is 30.5 Å². The van der Waals surface area contributed by atoms with Gasteiger partial charge in [0.05, 0.1) is 19.6 Å². The summed E-state index contributed by atoms with van der Waals surface area (Å²) in [5, 5.41) is 4.42. The maximum Gasteiger partial charge on any atom is 0.231 e. The fourth-order valence-electron chi connectivity index (χ4n) is 4.16. The Morgan fingerprint density at radius 1 is 0.829 bits per heavy atom. The molecule has 35 heavy (non-hydrogen) atoms. The second-order valence-electron chi connectivity index (χ2n) is 8.29. The van der Waals surface area contributed by atoms with Gasteiger partial charge in [-0.05, 0) is 41.5 Å². The summed E-state index contributed by atoms with van der Waals surface area (Å²) in [6.07, 6.45) is 13.9. The summed E-state index contributed by atoms with van der Waals surface area (Å²) in [5.74, 6) is 3.28. The van der Waals surface area contributed by atoms with E-state index < -0.39 is 0 Å². The zero-order chi connectivity index (χ0) is 24.0. The molecule has 1 aliphatic carbocycles. The number of furan rings is 1. The molecule has 0 spiro atoms. The van der Waals surface area contributed by atoms with E-state index in [9.17, 15) is 0 Å². The molecule has 0 atom stereocenters. The van der Waals surface area contributed by atoms with Gasteiger partial charge in [-0.25, -0.2) is 9.97 Å². The van der Waals surface area contributed by atoms with Crippen molar-refractivity contribution < 1.29 is 13.9 Å². The number of fused-ring (bicyclic) bond motifs is 1. The van der Waals surface area contributed by atoms with Crippen molar-refractivity contribution >= 4 is 16.9 Å². The quantitative estimate of drug-likeness (QED) is 0.332. The number of nitrogens with zero attached hydrogens (tertiary/aromatic N) is 2. The van der Waals surface area contributed by atoms with Crippen LogP contribution in [0.3, 0.4) is 0 Å². The molecule has 1 N–H and O–H groups in total. The van der Waals surface area contributed by atoms with Crippen LogP contribution < -0.4 is 14.8 Å². The van der Waals surface area contributed by atoms with Crippen molar-refractivity contribution in [1.29, 1.82) is 0 Å². The highest BCUT2D eigenvalue weighted by molar-refractivity contribution is 5.91. The summed E-state index contributed by atoms with van der Waals surface area (Å²) >= 11 is 0. The number of allylic oxidation sites excluding steroid dienone is 5. The maximum absolute atomic E-state index is 6.34. The van der Waals surface area contributed by atoms with E-state index >= 15 is 0 Å². The fourth-order valence-corrected chi connectivity index (χ4v) is 4.16. The first kappa shape index (κ1) is 22.5. The number of aromatic nitrogens is 2. The molecular weight excluding hydrogens is 438 g/mol. The Kier molecular flexibility index (Phi) is 6.61. The van der Waals surface area contributed by atoms with Gasteiger partial charge in [-0.1, -0.05) is 48.6 Å². The third kappa shape index (κ3) is 5.11. The third-order valence-electron chi connectivity index (χ3n) is 6.01. The van der Waals surface area contributed by atoms with Crippen molar-refractivity contribution in [2.75, 3.05) is 19.5 Å². The van der Waals surface area contributed by atoms with Crippen LogP contribution in [0.5, 0.6) is 11.5 Å². The highest BCUT2D eigenvalue weighted by Gasteiger charge is 2.20. The van der Waals surface area contributed by atoms with E-state index in [1.54, 1.807) is 20.5 Å². The lowest BCUT2D eigenvalue weighted by Crippen LogP contribution is -2.03. The monoisotopic (exact) mass is 465 g/mol. The first-order valence-corrected chi connectivity index (χ1v) is 11.5. The Hall–Kier alpha value is -4.32. The fraction of sp³-hybridized carbons (Fsp3) is 0.172. The average molecular weight is 466 g/mol. The van der Waals surface area contributed by atoms with Crippen LogP contribution in [0, 0.1) is 0 Å². The summed E-state index contributed by atoms with van der Waals surface area (Å²) in [6.45, 7) is 0. The minimum Gasteiger partial charge on any atom is -0.497 e. The van der Waals surface area contributed by atoms with Crippen molar-refractivity contribution in [3.8, 4) is 11.5 Å². The Morgan fingerprint density at radius 2 is 1.51 bits per heavy atom. The van der Waals surface area contributed by atoms with Crippen LogP contribution in [-0.4, -0.2) is 24.2 Å². The standard InChI is InChI=1S/C29H27N3O3/c1-33-23-13-9-20(10-14-23)17-25-26(18-21-11-15-24(34-2)16-12-21)35-29-27(25)28(30-19-31-29)32-22-7-5-3-4-6-8-22/h3-7,9-16,19H,8,17-18H2,1-2H3,(H,30,31,32). The average Bonchev–Trinajstić information content (AvgIpc) is 3.05. The normalized spacial score (nSPS) is 12.9. The van der Waals surface area contributed by atoms with Gasteiger partial charge in [-0.3, -0.25) is 0 Å². The molecular formula is C29H27N3O3. The smallest absolute Gasteiger partial charge is 0.231 e. The van der Waals surface area contributed by atoms with Gasteiger partial charge in [-0.15, -0.1) is 0 Å². The summed E-state index contributed by atoms with van der Waals surface area (Å²) in [6, 6.07) is 16.2.